The van der Waals surface area contributed by atoms with Gasteiger partial charge in [0.2, 0.25) is 15.9 Å². The summed E-state index contributed by atoms with van der Waals surface area (Å²) in [6, 6.07) is 5.99. The van der Waals surface area contributed by atoms with Gasteiger partial charge in [0.05, 0.1) is 4.90 Å². The van der Waals surface area contributed by atoms with Gasteiger partial charge in [-0.1, -0.05) is 13.8 Å². The van der Waals surface area contributed by atoms with Gasteiger partial charge in [-0.15, -0.1) is 0 Å². The number of amides is 1. The summed E-state index contributed by atoms with van der Waals surface area (Å²) in [6.07, 6.45) is 0.761. The Labute approximate surface area is 120 Å². The molecule has 0 unspecified atom stereocenters. The summed E-state index contributed by atoms with van der Waals surface area (Å²) < 4.78 is 26.4. The molecule has 0 aromatic heterocycles. The van der Waals surface area contributed by atoms with E-state index in [4.69, 9.17) is 0 Å². The molecule has 0 aliphatic heterocycles. The molecule has 0 spiro atoms. The van der Waals surface area contributed by atoms with Crippen molar-refractivity contribution < 1.29 is 13.2 Å². The van der Waals surface area contributed by atoms with Gasteiger partial charge >= 0.3 is 0 Å². The first kappa shape index (κ1) is 16.7. The summed E-state index contributed by atoms with van der Waals surface area (Å²) in [6.45, 7) is 7.31. The first-order valence-electron chi connectivity index (χ1n) is 6.69. The Morgan fingerprint density at radius 2 is 1.70 bits per heavy atom. The van der Waals surface area contributed by atoms with Gasteiger partial charge in [-0.25, -0.2) is 13.1 Å². The maximum atomic E-state index is 11.9. The Hall–Kier alpha value is -1.40. The Bertz CT molecular complexity index is 550. The van der Waals surface area contributed by atoms with Crippen LogP contribution in [0.5, 0.6) is 0 Å². The maximum Gasteiger partial charge on any atom is 0.240 e. The van der Waals surface area contributed by atoms with E-state index in [1.165, 1.54) is 12.1 Å². The molecule has 0 aliphatic carbocycles. The summed E-state index contributed by atoms with van der Waals surface area (Å²) in [5.41, 5.74) is 0.596. The smallest absolute Gasteiger partial charge is 0.240 e. The fourth-order valence-corrected chi connectivity index (χ4v) is 2.80. The first-order valence-corrected chi connectivity index (χ1v) is 8.17. The Morgan fingerprint density at radius 1 is 1.15 bits per heavy atom. The van der Waals surface area contributed by atoms with Gasteiger partial charge < -0.3 is 5.32 Å². The monoisotopic (exact) mass is 298 g/mol. The van der Waals surface area contributed by atoms with Crippen LogP contribution in [0.3, 0.4) is 0 Å². The van der Waals surface area contributed by atoms with Crippen LogP contribution >= 0.6 is 0 Å². The number of sulfonamides is 1. The molecule has 0 heterocycles. The summed E-state index contributed by atoms with van der Waals surface area (Å²) in [5, 5.41) is 2.76. The van der Waals surface area contributed by atoms with E-state index in [1.807, 2.05) is 13.8 Å². The molecule has 2 N–H and O–H groups in total. The minimum Gasteiger partial charge on any atom is -0.326 e. The van der Waals surface area contributed by atoms with Crippen molar-refractivity contribution in [2.45, 2.75) is 45.1 Å². The summed E-state index contributed by atoms with van der Waals surface area (Å²) in [7, 11) is -3.49. The van der Waals surface area contributed by atoms with E-state index in [0.717, 1.165) is 6.42 Å². The van der Waals surface area contributed by atoms with Crippen molar-refractivity contribution in [3.63, 3.8) is 0 Å². The topological polar surface area (TPSA) is 75.3 Å². The van der Waals surface area contributed by atoms with Crippen molar-refractivity contribution in [3.05, 3.63) is 24.3 Å². The van der Waals surface area contributed by atoms with Crippen LogP contribution in [0.1, 0.15) is 34.1 Å². The highest BCUT2D eigenvalue weighted by atomic mass is 32.2. The Morgan fingerprint density at radius 3 is 2.15 bits per heavy atom. The molecular formula is C14H22N2O3S. The molecule has 5 nitrogen and oxygen atoms in total. The Balaban J connectivity index is 2.82. The highest BCUT2D eigenvalue weighted by Crippen LogP contribution is 2.15. The molecule has 112 valence electrons. The molecular weight excluding hydrogens is 276 g/mol. The number of carbonyl (C=O) groups is 1. The molecule has 0 saturated carbocycles. The van der Waals surface area contributed by atoms with E-state index in [9.17, 15) is 13.2 Å². The van der Waals surface area contributed by atoms with Crippen LogP contribution in [-0.4, -0.2) is 20.4 Å². The van der Waals surface area contributed by atoms with Crippen LogP contribution < -0.4 is 10.0 Å². The average molecular weight is 298 g/mol. The number of anilines is 1. The van der Waals surface area contributed by atoms with E-state index in [0.29, 0.717) is 5.69 Å². The lowest BCUT2D eigenvalue weighted by molar-refractivity contribution is -0.119. The van der Waals surface area contributed by atoms with Crippen molar-refractivity contribution in [1.82, 2.24) is 4.72 Å². The maximum absolute atomic E-state index is 11.9. The number of hydrogen-bond acceptors (Lipinski definition) is 3. The minimum atomic E-state index is -3.49. The standard InChI is InChI=1S/C14H22N2O3S/c1-5-11(4)14(17)15-12-6-8-13(9-7-12)20(18,19)16-10(2)3/h6-11,16H,5H2,1-4H3,(H,15,17)/t11-/m1/s1. The third-order valence-electron chi connectivity index (χ3n) is 2.88. The summed E-state index contributed by atoms with van der Waals surface area (Å²) >= 11 is 0. The molecule has 1 atom stereocenters. The molecule has 1 rings (SSSR count). The largest absolute Gasteiger partial charge is 0.326 e. The van der Waals surface area contributed by atoms with Gasteiger partial charge in [-0.3, -0.25) is 4.79 Å². The second-order valence-corrected chi connectivity index (χ2v) is 6.81. The predicted molar refractivity (Wildman–Crippen MR) is 80.0 cm³/mol. The highest BCUT2D eigenvalue weighted by molar-refractivity contribution is 7.89. The van der Waals surface area contributed by atoms with Gasteiger partial charge in [0.15, 0.2) is 0 Å². The second kappa shape index (κ2) is 6.85. The molecule has 0 bridgehead atoms. The highest BCUT2D eigenvalue weighted by Gasteiger charge is 2.15. The number of rotatable bonds is 6. The van der Waals surface area contributed by atoms with E-state index in [1.54, 1.807) is 26.0 Å². The van der Waals surface area contributed by atoms with E-state index in [-0.39, 0.29) is 22.8 Å². The molecule has 0 aliphatic rings. The zero-order valence-corrected chi connectivity index (χ0v) is 13.1. The molecule has 6 heteroatoms. The second-order valence-electron chi connectivity index (χ2n) is 5.10. The SMILES string of the molecule is CC[C@@H](C)C(=O)Nc1ccc(S(=O)(=O)NC(C)C)cc1. The number of hydrogen-bond donors (Lipinski definition) is 2. The third-order valence-corrected chi connectivity index (χ3v) is 4.56. The van der Waals surface area contributed by atoms with Crippen LogP contribution in [0.2, 0.25) is 0 Å². The van der Waals surface area contributed by atoms with Crippen molar-refractivity contribution in [1.29, 1.82) is 0 Å². The lowest BCUT2D eigenvalue weighted by atomic mass is 10.1. The van der Waals surface area contributed by atoms with Gasteiger partial charge in [-0.05, 0) is 44.5 Å². The van der Waals surface area contributed by atoms with E-state index in [2.05, 4.69) is 10.0 Å². The summed E-state index contributed by atoms with van der Waals surface area (Å²) in [5.74, 6) is -0.135. The van der Waals surface area contributed by atoms with Crippen LogP contribution in [0, 0.1) is 5.92 Å². The van der Waals surface area contributed by atoms with E-state index < -0.39 is 10.0 Å². The zero-order chi connectivity index (χ0) is 15.3. The van der Waals surface area contributed by atoms with Crippen molar-refractivity contribution in [2.75, 3.05) is 5.32 Å². The third kappa shape index (κ3) is 4.61. The van der Waals surface area contributed by atoms with Crippen LogP contribution in [0.25, 0.3) is 0 Å². The van der Waals surface area contributed by atoms with Crippen LogP contribution in [-0.2, 0) is 14.8 Å². The van der Waals surface area contributed by atoms with Gasteiger partial charge in [0.1, 0.15) is 0 Å². The molecule has 0 radical (unpaired) electrons. The van der Waals surface area contributed by atoms with E-state index >= 15 is 0 Å². The quantitative estimate of drug-likeness (QED) is 0.846. The van der Waals surface area contributed by atoms with Gasteiger partial charge in [0, 0.05) is 17.6 Å². The lowest BCUT2D eigenvalue weighted by Crippen LogP contribution is -2.30. The first-order chi connectivity index (χ1) is 9.26. The summed E-state index contributed by atoms with van der Waals surface area (Å²) in [4.78, 5) is 11.9. The predicted octanol–water partition coefficient (Wildman–Crippen LogP) is 2.36. The van der Waals surface area contributed by atoms with Gasteiger partial charge in [-0.2, -0.15) is 0 Å². The van der Waals surface area contributed by atoms with Crippen LogP contribution in [0.15, 0.2) is 29.2 Å². The fraction of sp³-hybridized carbons (Fsp3) is 0.500. The van der Waals surface area contributed by atoms with Crippen LogP contribution in [0.4, 0.5) is 5.69 Å². The van der Waals surface area contributed by atoms with Gasteiger partial charge in [0.25, 0.3) is 0 Å². The number of nitrogens with one attached hydrogen (secondary N) is 2. The number of carbonyl (C=O) groups excluding carboxylic acids is 1. The molecule has 0 fully saturated rings. The zero-order valence-electron chi connectivity index (χ0n) is 12.3. The van der Waals surface area contributed by atoms with Crippen molar-refractivity contribution >= 4 is 21.6 Å². The fourth-order valence-electron chi connectivity index (χ4n) is 1.55. The molecule has 20 heavy (non-hydrogen) atoms. The molecule has 1 aromatic carbocycles. The Kier molecular flexibility index (Phi) is 5.71. The minimum absolute atomic E-state index is 0.0663. The van der Waals surface area contributed by atoms with Crippen molar-refractivity contribution in [2.24, 2.45) is 5.92 Å². The molecule has 1 aromatic rings. The normalized spacial score (nSPS) is 13.2. The lowest BCUT2D eigenvalue weighted by Gasteiger charge is -2.12. The van der Waals surface area contributed by atoms with Crippen molar-refractivity contribution in [3.8, 4) is 0 Å². The number of benzene rings is 1. The molecule has 1 amide bonds. The molecule has 0 saturated heterocycles. The average Bonchev–Trinajstić information content (AvgIpc) is 2.36.